The fourth-order valence-corrected chi connectivity index (χ4v) is 3.12. The lowest BCUT2D eigenvalue weighted by Gasteiger charge is -2.31. The number of hydrogen-bond donors (Lipinski definition) is 1. The van der Waals surface area contributed by atoms with Crippen LogP contribution in [0.2, 0.25) is 0 Å². The number of nitrogens with zero attached hydrogens (tertiary/aromatic N) is 4. The summed E-state index contributed by atoms with van der Waals surface area (Å²) in [6.07, 6.45) is 1.73. The highest BCUT2D eigenvalue weighted by atomic mass is 16.5. The molecule has 1 saturated heterocycles. The first-order chi connectivity index (χ1) is 12.3. The molecule has 1 aromatic carbocycles. The highest BCUT2D eigenvalue weighted by Gasteiger charge is 2.19. The number of aromatic nitrogens is 3. The Kier molecular flexibility index (Phi) is 6.30. The van der Waals surface area contributed by atoms with E-state index in [0.29, 0.717) is 5.95 Å². The second-order valence-electron chi connectivity index (χ2n) is 6.26. The lowest BCUT2D eigenvalue weighted by molar-refractivity contribution is 0.0360. The van der Waals surface area contributed by atoms with Crippen LogP contribution in [0, 0.1) is 0 Å². The van der Waals surface area contributed by atoms with Crippen molar-refractivity contribution in [2.75, 3.05) is 38.2 Å². The van der Waals surface area contributed by atoms with E-state index in [4.69, 9.17) is 9.72 Å². The number of morpholine rings is 1. The largest absolute Gasteiger partial charge is 0.379 e. The van der Waals surface area contributed by atoms with Gasteiger partial charge in [0.05, 0.1) is 30.6 Å². The van der Waals surface area contributed by atoms with Crippen molar-refractivity contribution in [2.45, 2.75) is 32.7 Å². The molecule has 25 heavy (non-hydrogen) atoms. The summed E-state index contributed by atoms with van der Waals surface area (Å²) in [6.45, 7) is 8.60. The molecule has 134 valence electrons. The predicted octanol–water partition coefficient (Wildman–Crippen LogP) is 2.48. The van der Waals surface area contributed by atoms with Gasteiger partial charge in [-0.1, -0.05) is 44.2 Å². The van der Waals surface area contributed by atoms with Gasteiger partial charge in [-0.05, 0) is 18.4 Å². The van der Waals surface area contributed by atoms with E-state index >= 15 is 0 Å². The number of benzene rings is 1. The SMILES string of the molecule is CCc1nnc(NC(CN2CCOCC2)c2ccccc2)nc1CC. The van der Waals surface area contributed by atoms with Crippen LogP contribution in [0.15, 0.2) is 30.3 Å². The molecule has 1 aliphatic rings. The molecule has 6 nitrogen and oxygen atoms in total. The molecule has 0 bridgehead atoms. The van der Waals surface area contributed by atoms with Gasteiger partial charge < -0.3 is 10.1 Å². The zero-order valence-corrected chi connectivity index (χ0v) is 15.1. The average molecular weight is 341 g/mol. The molecule has 1 aliphatic heterocycles. The molecule has 1 unspecified atom stereocenters. The monoisotopic (exact) mass is 341 g/mol. The van der Waals surface area contributed by atoms with Crippen molar-refractivity contribution in [3.63, 3.8) is 0 Å². The van der Waals surface area contributed by atoms with Crippen molar-refractivity contribution in [1.29, 1.82) is 0 Å². The van der Waals surface area contributed by atoms with Crippen LogP contribution in [0.25, 0.3) is 0 Å². The fourth-order valence-electron chi connectivity index (χ4n) is 3.12. The molecule has 6 heteroatoms. The lowest BCUT2D eigenvalue weighted by Crippen LogP contribution is -2.40. The Morgan fingerprint density at radius 1 is 1.04 bits per heavy atom. The quantitative estimate of drug-likeness (QED) is 0.835. The molecule has 0 spiro atoms. The number of ether oxygens (including phenoxy) is 1. The zero-order valence-electron chi connectivity index (χ0n) is 15.1. The molecule has 2 aromatic rings. The summed E-state index contributed by atoms with van der Waals surface area (Å²) in [4.78, 5) is 7.11. The molecule has 1 fully saturated rings. The summed E-state index contributed by atoms with van der Waals surface area (Å²) in [5.74, 6) is 0.608. The van der Waals surface area contributed by atoms with E-state index in [1.807, 2.05) is 6.07 Å². The number of rotatable bonds is 7. The number of nitrogens with one attached hydrogen (secondary N) is 1. The molecule has 1 N–H and O–H groups in total. The molecule has 1 atom stereocenters. The molecule has 3 rings (SSSR count). The van der Waals surface area contributed by atoms with Crippen molar-refractivity contribution in [1.82, 2.24) is 20.1 Å². The Balaban J connectivity index is 1.79. The molecule has 1 aromatic heterocycles. The molecule has 0 saturated carbocycles. The minimum Gasteiger partial charge on any atom is -0.379 e. The van der Waals surface area contributed by atoms with Crippen molar-refractivity contribution in [3.8, 4) is 0 Å². The van der Waals surface area contributed by atoms with Gasteiger partial charge in [0, 0.05) is 19.6 Å². The van der Waals surface area contributed by atoms with E-state index in [1.54, 1.807) is 0 Å². The normalized spacial score (nSPS) is 16.6. The third-order valence-corrected chi connectivity index (χ3v) is 4.56. The number of hydrogen-bond acceptors (Lipinski definition) is 6. The first-order valence-corrected chi connectivity index (χ1v) is 9.14. The highest BCUT2D eigenvalue weighted by molar-refractivity contribution is 5.33. The fraction of sp³-hybridized carbons (Fsp3) is 0.526. The van der Waals surface area contributed by atoms with E-state index in [2.05, 4.69) is 58.5 Å². The first-order valence-electron chi connectivity index (χ1n) is 9.14. The maximum absolute atomic E-state index is 5.46. The van der Waals surface area contributed by atoms with Gasteiger partial charge in [0.1, 0.15) is 0 Å². The lowest BCUT2D eigenvalue weighted by atomic mass is 10.1. The second kappa shape index (κ2) is 8.87. The van der Waals surface area contributed by atoms with Crippen LogP contribution in [0.4, 0.5) is 5.95 Å². The Bertz CT molecular complexity index is 658. The number of anilines is 1. The molecule has 0 aliphatic carbocycles. The highest BCUT2D eigenvalue weighted by Crippen LogP contribution is 2.20. The molecule has 0 radical (unpaired) electrons. The molecular weight excluding hydrogens is 314 g/mol. The van der Waals surface area contributed by atoms with Crippen molar-refractivity contribution in [3.05, 3.63) is 47.3 Å². The van der Waals surface area contributed by atoms with Gasteiger partial charge in [-0.15, -0.1) is 5.10 Å². The summed E-state index contributed by atoms with van der Waals surface area (Å²) >= 11 is 0. The van der Waals surface area contributed by atoms with Crippen LogP contribution in [0.3, 0.4) is 0 Å². The number of aryl methyl sites for hydroxylation is 2. The van der Waals surface area contributed by atoms with E-state index in [0.717, 1.165) is 57.1 Å². The summed E-state index contributed by atoms with van der Waals surface area (Å²) in [5.41, 5.74) is 3.24. The van der Waals surface area contributed by atoms with Gasteiger partial charge in [0.2, 0.25) is 5.95 Å². The van der Waals surface area contributed by atoms with Gasteiger partial charge in [0.25, 0.3) is 0 Å². The van der Waals surface area contributed by atoms with Crippen molar-refractivity contribution < 1.29 is 4.74 Å². The molecule has 0 amide bonds. The standard InChI is InChI=1S/C19H27N5O/c1-3-16-17(4-2)22-23-19(20-16)21-18(15-8-6-5-7-9-15)14-24-10-12-25-13-11-24/h5-9,18H,3-4,10-14H2,1-2H3,(H,20,21,23). The minimum atomic E-state index is 0.123. The molecule has 2 heterocycles. The third kappa shape index (κ3) is 4.74. The Labute approximate surface area is 149 Å². The van der Waals surface area contributed by atoms with Crippen LogP contribution >= 0.6 is 0 Å². The van der Waals surface area contributed by atoms with Crippen LogP contribution in [0.1, 0.15) is 36.8 Å². The van der Waals surface area contributed by atoms with E-state index in [1.165, 1.54) is 5.56 Å². The van der Waals surface area contributed by atoms with Gasteiger partial charge in [0.15, 0.2) is 0 Å². The zero-order chi connectivity index (χ0) is 17.5. The summed E-state index contributed by atoms with van der Waals surface area (Å²) in [6, 6.07) is 10.6. The van der Waals surface area contributed by atoms with Crippen molar-refractivity contribution in [2.24, 2.45) is 0 Å². The third-order valence-electron chi connectivity index (χ3n) is 4.56. The van der Waals surface area contributed by atoms with E-state index in [9.17, 15) is 0 Å². The van der Waals surface area contributed by atoms with Gasteiger partial charge in [-0.3, -0.25) is 4.90 Å². The summed E-state index contributed by atoms with van der Waals surface area (Å²) < 4.78 is 5.46. The second-order valence-corrected chi connectivity index (χ2v) is 6.26. The van der Waals surface area contributed by atoms with Gasteiger partial charge >= 0.3 is 0 Å². The summed E-state index contributed by atoms with van der Waals surface area (Å²) in [7, 11) is 0. The average Bonchev–Trinajstić information content (AvgIpc) is 2.69. The minimum absolute atomic E-state index is 0.123. The Morgan fingerprint density at radius 2 is 1.76 bits per heavy atom. The smallest absolute Gasteiger partial charge is 0.243 e. The summed E-state index contributed by atoms with van der Waals surface area (Å²) in [5, 5.41) is 12.2. The van der Waals surface area contributed by atoms with Crippen LogP contribution in [-0.4, -0.2) is 52.9 Å². The molecular formula is C19H27N5O. The van der Waals surface area contributed by atoms with Crippen LogP contribution in [0.5, 0.6) is 0 Å². The Hall–Kier alpha value is -2.05. The van der Waals surface area contributed by atoms with E-state index in [-0.39, 0.29) is 6.04 Å². The topological polar surface area (TPSA) is 63.2 Å². The first kappa shape index (κ1) is 17.8. The van der Waals surface area contributed by atoms with Crippen molar-refractivity contribution >= 4 is 5.95 Å². The van der Waals surface area contributed by atoms with Gasteiger partial charge in [-0.2, -0.15) is 5.10 Å². The van der Waals surface area contributed by atoms with Crippen LogP contribution < -0.4 is 5.32 Å². The predicted molar refractivity (Wildman–Crippen MR) is 98.6 cm³/mol. The van der Waals surface area contributed by atoms with E-state index < -0.39 is 0 Å². The maximum atomic E-state index is 5.46. The van der Waals surface area contributed by atoms with Crippen LogP contribution in [-0.2, 0) is 17.6 Å². The maximum Gasteiger partial charge on any atom is 0.243 e. The van der Waals surface area contributed by atoms with Gasteiger partial charge in [-0.25, -0.2) is 4.98 Å². The Morgan fingerprint density at radius 3 is 2.44 bits per heavy atom.